The standard InChI is InChI=1S/C30H33N5O4S/c31-19-29(36)32-23-15-17-24(18-16-23)35-28-14-8-7-13-26(28)27(21-40(38,39)25-11-5-2-6-12-25)33-34(30(35)37)20-22-9-3-1-4-10-22/h1,3-4,7-10,13-18,25H,2,5-6,11-12,19-21,31H2,(H,32,36). The zero-order valence-corrected chi connectivity index (χ0v) is 23.0. The number of benzene rings is 3. The van der Waals surface area contributed by atoms with Crippen molar-refractivity contribution in [2.45, 2.75) is 43.9 Å². The highest BCUT2D eigenvalue weighted by Crippen LogP contribution is 2.35. The molecule has 1 aliphatic heterocycles. The fourth-order valence-corrected chi connectivity index (χ4v) is 7.11. The van der Waals surface area contributed by atoms with Gasteiger partial charge in [0.05, 0.1) is 41.2 Å². The van der Waals surface area contributed by atoms with E-state index >= 15 is 0 Å². The molecule has 1 saturated carbocycles. The van der Waals surface area contributed by atoms with Crippen molar-refractivity contribution in [3.8, 4) is 0 Å². The predicted molar refractivity (Wildman–Crippen MR) is 157 cm³/mol. The molecule has 0 bridgehead atoms. The molecular formula is C30H33N5O4S. The van der Waals surface area contributed by atoms with Crippen LogP contribution in [0.15, 0.2) is 84.0 Å². The van der Waals surface area contributed by atoms with E-state index in [1.54, 1.807) is 30.3 Å². The monoisotopic (exact) mass is 559 g/mol. The summed E-state index contributed by atoms with van der Waals surface area (Å²) in [6.45, 7) is 0.0276. The van der Waals surface area contributed by atoms with Gasteiger partial charge in [0.1, 0.15) is 0 Å². The van der Waals surface area contributed by atoms with Crippen LogP contribution in [0.5, 0.6) is 0 Å². The lowest BCUT2D eigenvalue weighted by molar-refractivity contribution is -0.114. The first-order valence-corrected chi connectivity index (χ1v) is 15.2. The summed E-state index contributed by atoms with van der Waals surface area (Å²) >= 11 is 0. The third-order valence-electron chi connectivity index (χ3n) is 7.28. The zero-order chi connectivity index (χ0) is 28.1. The minimum atomic E-state index is -3.50. The summed E-state index contributed by atoms with van der Waals surface area (Å²) in [6.07, 6.45) is 4.17. The molecule has 10 heteroatoms. The van der Waals surface area contributed by atoms with Gasteiger partial charge in [-0.25, -0.2) is 18.2 Å². The third-order valence-corrected chi connectivity index (χ3v) is 9.44. The highest BCUT2D eigenvalue weighted by molar-refractivity contribution is 7.92. The quantitative estimate of drug-likeness (QED) is 0.410. The molecule has 208 valence electrons. The molecule has 1 heterocycles. The number of hydrazone groups is 1. The Morgan fingerprint density at radius 2 is 1.60 bits per heavy atom. The van der Waals surface area contributed by atoms with E-state index < -0.39 is 21.1 Å². The molecular weight excluding hydrogens is 526 g/mol. The van der Waals surface area contributed by atoms with Crippen LogP contribution in [-0.2, 0) is 21.2 Å². The topological polar surface area (TPSA) is 125 Å². The van der Waals surface area contributed by atoms with E-state index in [1.165, 1.54) is 9.91 Å². The Morgan fingerprint density at radius 1 is 0.925 bits per heavy atom. The van der Waals surface area contributed by atoms with Gasteiger partial charge in [0.2, 0.25) is 5.91 Å². The lowest BCUT2D eigenvalue weighted by atomic mass is 10.0. The lowest BCUT2D eigenvalue weighted by Gasteiger charge is -2.27. The second-order valence-corrected chi connectivity index (χ2v) is 12.4. The van der Waals surface area contributed by atoms with Gasteiger partial charge in [0.15, 0.2) is 9.84 Å². The second kappa shape index (κ2) is 12.0. The fraction of sp³-hybridized carbons (Fsp3) is 0.300. The van der Waals surface area contributed by atoms with E-state index in [1.807, 2.05) is 48.5 Å². The van der Waals surface area contributed by atoms with Gasteiger partial charge >= 0.3 is 6.03 Å². The van der Waals surface area contributed by atoms with Gasteiger partial charge in [0, 0.05) is 11.3 Å². The molecule has 3 amide bonds. The number of amides is 3. The maximum atomic E-state index is 14.1. The van der Waals surface area contributed by atoms with Gasteiger partial charge < -0.3 is 11.1 Å². The van der Waals surface area contributed by atoms with Crippen LogP contribution in [0, 0.1) is 0 Å². The molecule has 0 aromatic heterocycles. The van der Waals surface area contributed by atoms with Crippen LogP contribution < -0.4 is 16.0 Å². The average Bonchev–Trinajstić information content (AvgIpc) is 3.08. The van der Waals surface area contributed by atoms with E-state index in [-0.39, 0.29) is 24.7 Å². The Labute approximate surface area is 234 Å². The van der Waals surface area contributed by atoms with Crippen LogP contribution in [0.1, 0.15) is 43.2 Å². The smallest absolute Gasteiger partial charge is 0.325 e. The number of urea groups is 1. The number of sulfone groups is 1. The number of nitrogens with one attached hydrogen (secondary N) is 1. The fourth-order valence-electron chi connectivity index (χ4n) is 5.23. The molecule has 0 saturated heterocycles. The first-order chi connectivity index (χ1) is 19.4. The summed E-state index contributed by atoms with van der Waals surface area (Å²) in [6, 6.07) is 23.1. The average molecular weight is 560 g/mol. The van der Waals surface area contributed by atoms with E-state index in [0.717, 1.165) is 24.8 Å². The maximum absolute atomic E-state index is 14.1. The third kappa shape index (κ3) is 6.08. The second-order valence-electron chi connectivity index (χ2n) is 10.1. The van der Waals surface area contributed by atoms with Crippen LogP contribution in [0.2, 0.25) is 0 Å². The number of fused-ring (bicyclic) bond motifs is 1. The van der Waals surface area contributed by atoms with E-state index in [2.05, 4.69) is 5.32 Å². The number of para-hydroxylation sites is 1. The Balaban J connectivity index is 1.57. The molecule has 1 fully saturated rings. The van der Waals surface area contributed by atoms with E-state index in [9.17, 15) is 18.0 Å². The van der Waals surface area contributed by atoms with Crippen molar-refractivity contribution in [3.63, 3.8) is 0 Å². The normalized spacial score (nSPS) is 16.2. The molecule has 0 spiro atoms. The van der Waals surface area contributed by atoms with Gasteiger partial charge in [-0.3, -0.25) is 9.69 Å². The van der Waals surface area contributed by atoms with Crippen LogP contribution in [0.4, 0.5) is 21.9 Å². The predicted octanol–water partition coefficient (Wildman–Crippen LogP) is 4.81. The number of carbonyl (C=O) groups excluding carboxylic acids is 2. The van der Waals surface area contributed by atoms with Crippen molar-refractivity contribution < 1.29 is 18.0 Å². The minimum Gasteiger partial charge on any atom is -0.325 e. The van der Waals surface area contributed by atoms with Gasteiger partial charge in [-0.15, -0.1) is 0 Å². The summed E-state index contributed by atoms with van der Waals surface area (Å²) < 4.78 is 27.2. The minimum absolute atomic E-state index is 0.141. The first-order valence-electron chi connectivity index (χ1n) is 13.5. The molecule has 3 aromatic rings. The Morgan fingerprint density at radius 3 is 2.30 bits per heavy atom. The number of nitrogens with zero attached hydrogens (tertiary/aromatic N) is 3. The number of rotatable bonds is 8. The number of hydrogen-bond acceptors (Lipinski definition) is 6. The lowest BCUT2D eigenvalue weighted by Crippen LogP contribution is -2.37. The molecule has 40 heavy (non-hydrogen) atoms. The number of anilines is 3. The van der Waals surface area contributed by atoms with Crippen molar-refractivity contribution in [1.29, 1.82) is 0 Å². The Hall–Kier alpha value is -4.02. The molecule has 3 N–H and O–H groups in total. The SMILES string of the molecule is NCC(=O)Nc1ccc(N2C(=O)N(Cc3ccccc3)N=C(CS(=O)(=O)C3CCCCC3)c3ccccc32)cc1. The molecule has 5 rings (SSSR count). The number of carbonyl (C=O) groups is 2. The highest BCUT2D eigenvalue weighted by atomic mass is 32.2. The van der Waals surface area contributed by atoms with Crippen molar-refractivity contribution in [2.75, 3.05) is 22.5 Å². The van der Waals surface area contributed by atoms with Crippen molar-refractivity contribution in [1.82, 2.24) is 5.01 Å². The molecule has 3 aromatic carbocycles. The molecule has 0 radical (unpaired) electrons. The largest absolute Gasteiger partial charge is 0.349 e. The van der Waals surface area contributed by atoms with Crippen LogP contribution >= 0.6 is 0 Å². The maximum Gasteiger partial charge on any atom is 0.349 e. The van der Waals surface area contributed by atoms with Crippen molar-refractivity contribution in [2.24, 2.45) is 10.8 Å². The molecule has 2 aliphatic rings. The van der Waals surface area contributed by atoms with E-state index in [0.29, 0.717) is 41.2 Å². The van der Waals surface area contributed by atoms with Crippen LogP contribution in [0.3, 0.4) is 0 Å². The van der Waals surface area contributed by atoms with Crippen LogP contribution in [0.25, 0.3) is 0 Å². The molecule has 9 nitrogen and oxygen atoms in total. The van der Waals surface area contributed by atoms with E-state index in [4.69, 9.17) is 10.8 Å². The summed E-state index contributed by atoms with van der Waals surface area (Å²) in [5, 5.41) is 8.37. The van der Waals surface area contributed by atoms with Crippen molar-refractivity contribution in [3.05, 3.63) is 90.0 Å². The summed E-state index contributed by atoms with van der Waals surface area (Å²) in [5.41, 5.74) is 8.85. The summed E-state index contributed by atoms with van der Waals surface area (Å²) in [7, 11) is -3.50. The Bertz CT molecular complexity index is 1500. The number of nitrogens with two attached hydrogens (primary N) is 1. The first kappa shape index (κ1) is 27.5. The summed E-state index contributed by atoms with van der Waals surface area (Å²) in [4.78, 5) is 27.4. The molecule has 1 aliphatic carbocycles. The van der Waals surface area contributed by atoms with Gasteiger partial charge in [-0.1, -0.05) is 67.8 Å². The Kier molecular flexibility index (Phi) is 8.27. The zero-order valence-electron chi connectivity index (χ0n) is 22.2. The molecule has 0 unspecified atom stereocenters. The van der Waals surface area contributed by atoms with Crippen molar-refractivity contribution >= 4 is 44.5 Å². The van der Waals surface area contributed by atoms with Gasteiger partial charge in [-0.05, 0) is 48.7 Å². The molecule has 0 atom stereocenters. The number of hydrogen-bond donors (Lipinski definition) is 2. The summed E-state index contributed by atoms with van der Waals surface area (Å²) in [5.74, 6) is -0.569. The van der Waals surface area contributed by atoms with Gasteiger partial charge in [0.25, 0.3) is 0 Å². The van der Waals surface area contributed by atoms with Gasteiger partial charge in [-0.2, -0.15) is 5.10 Å². The van der Waals surface area contributed by atoms with Crippen LogP contribution in [-0.4, -0.2) is 48.6 Å². The highest BCUT2D eigenvalue weighted by Gasteiger charge is 2.35.